The van der Waals surface area contributed by atoms with Crippen LogP contribution in [0.1, 0.15) is 55.2 Å². The minimum atomic E-state index is -1.33. The molecule has 2 aromatic heterocycles. The predicted molar refractivity (Wildman–Crippen MR) is 275 cm³/mol. The molecular formula is C49H65N17O6. The SMILES string of the molecule is NC(N)=NCCC[C@@H]1NC(=O)[C@H](CCCN=C(N)N)NC(=O)[C@H](Cc2c[nH]c3ccccc23)NC(=O)[C@H](Cc2c[nH]c3ccccc23)NC(=O)[C@H](CCCN=C(N)N)NC(=O)[C@H](Cc2ccccc2)NC1=O. The van der Waals surface area contributed by atoms with Crippen molar-refractivity contribution in [3.63, 3.8) is 0 Å². The molecule has 0 saturated carbocycles. The van der Waals surface area contributed by atoms with Crippen molar-refractivity contribution >= 4 is 75.1 Å². The fourth-order valence-corrected chi connectivity index (χ4v) is 8.47. The lowest BCUT2D eigenvalue weighted by Crippen LogP contribution is -2.62. The molecule has 3 heterocycles. The van der Waals surface area contributed by atoms with Crippen molar-refractivity contribution in [3.8, 4) is 0 Å². The molecule has 20 N–H and O–H groups in total. The van der Waals surface area contributed by atoms with Crippen molar-refractivity contribution in [2.45, 2.75) is 94.0 Å². The average molecular weight is 988 g/mol. The summed E-state index contributed by atoms with van der Waals surface area (Å²) in [6.45, 7) is 0.301. The largest absolute Gasteiger partial charge is 0.370 e. The van der Waals surface area contributed by atoms with E-state index in [0.29, 0.717) is 16.7 Å². The lowest BCUT2D eigenvalue weighted by atomic mass is 10.00. The number of hydrogen-bond acceptors (Lipinski definition) is 9. The molecule has 6 amide bonds. The Kier molecular flexibility index (Phi) is 18.9. The van der Waals surface area contributed by atoms with Gasteiger partial charge in [-0.15, -0.1) is 0 Å². The van der Waals surface area contributed by atoms with Gasteiger partial charge in [-0.2, -0.15) is 0 Å². The fourth-order valence-electron chi connectivity index (χ4n) is 8.47. The second-order valence-electron chi connectivity index (χ2n) is 17.5. The molecule has 0 radical (unpaired) electrons. The monoisotopic (exact) mass is 988 g/mol. The molecule has 1 saturated heterocycles. The van der Waals surface area contributed by atoms with Crippen molar-refractivity contribution in [2.75, 3.05) is 19.6 Å². The molecular weight excluding hydrogens is 923 g/mol. The molecule has 0 unspecified atom stereocenters. The number of amides is 6. The summed E-state index contributed by atoms with van der Waals surface area (Å²) in [5.74, 6) is -4.95. The van der Waals surface area contributed by atoms with E-state index in [9.17, 15) is 28.8 Å². The predicted octanol–water partition coefficient (Wildman–Crippen LogP) is -1.24. The van der Waals surface area contributed by atoms with Crippen molar-refractivity contribution < 1.29 is 28.8 Å². The molecule has 1 aliphatic rings. The van der Waals surface area contributed by atoms with E-state index in [1.54, 1.807) is 42.7 Å². The number of aromatic nitrogens is 2. The Morgan fingerprint density at radius 3 is 1.06 bits per heavy atom. The Bertz CT molecular complexity index is 2760. The standard InChI is InChI=1S/C49H65N17O6/c50-47(51)56-20-8-17-35-41(67)61-36(18-9-21-57-48(52)53)42(68)64-38(23-28-11-2-1-3-12-28)44(70)62-37(19-10-22-58-49(54)55)43(69)65-40(25-30-27-60-34-16-7-5-14-32(30)34)46(72)66-39(45(71)63-35)24-29-26-59-33-15-6-4-13-31(29)33/h1-7,11-16,26-27,35-40,59-60H,8-10,17-25H2,(H,61,67)(H,62,70)(H,63,71)(H,64,68)(H,65,69)(H,66,72)(H4,50,51,56)(H4,52,53,57)(H4,54,55,58)/t35-,36-,37-,38-,39-,40-/m0/s1. The minimum Gasteiger partial charge on any atom is -0.370 e. The quantitative estimate of drug-likeness (QED) is 0.0279. The van der Waals surface area contributed by atoms with E-state index in [0.717, 1.165) is 21.8 Å². The van der Waals surface area contributed by atoms with Gasteiger partial charge in [0.1, 0.15) is 36.3 Å². The number of para-hydroxylation sites is 2. The molecule has 6 rings (SSSR count). The lowest BCUT2D eigenvalue weighted by molar-refractivity contribution is -0.136. The second kappa shape index (κ2) is 25.8. The van der Waals surface area contributed by atoms with Crippen LogP contribution in [0, 0.1) is 0 Å². The van der Waals surface area contributed by atoms with Crippen molar-refractivity contribution in [2.24, 2.45) is 49.4 Å². The number of benzene rings is 3. The molecule has 23 nitrogen and oxygen atoms in total. The van der Waals surface area contributed by atoms with Gasteiger partial charge in [0.2, 0.25) is 35.4 Å². The number of fused-ring (bicyclic) bond motifs is 2. The first kappa shape index (κ1) is 52.7. The van der Waals surface area contributed by atoms with Gasteiger partial charge in [0.05, 0.1) is 0 Å². The number of H-pyrrole nitrogens is 2. The normalized spacial score (nSPS) is 20.4. The molecule has 5 aromatic rings. The number of aliphatic imine (C=N–C) groups is 3. The molecule has 23 heteroatoms. The summed E-state index contributed by atoms with van der Waals surface area (Å²) < 4.78 is 0. The molecule has 0 bridgehead atoms. The van der Waals surface area contributed by atoms with Crippen LogP contribution < -0.4 is 66.3 Å². The van der Waals surface area contributed by atoms with Gasteiger partial charge in [-0.1, -0.05) is 66.7 Å². The van der Waals surface area contributed by atoms with Crippen LogP contribution >= 0.6 is 0 Å². The highest BCUT2D eigenvalue weighted by Crippen LogP contribution is 2.22. The van der Waals surface area contributed by atoms with Crippen LogP contribution in [0.3, 0.4) is 0 Å². The number of rotatable bonds is 18. The van der Waals surface area contributed by atoms with Gasteiger partial charge in [0.25, 0.3) is 0 Å². The molecule has 0 spiro atoms. The zero-order valence-corrected chi connectivity index (χ0v) is 39.9. The number of carbonyl (C=O) groups excluding carboxylic acids is 6. The molecule has 1 fully saturated rings. The van der Waals surface area contributed by atoms with Gasteiger partial charge >= 0.3 is 0 Å². The fraction of sp³-hybridized carbons (Fsp3) is 0.367. The zero-order valence-electron chi connectivity index (χ0n) is 39.9. The van der Waals surface area contributed by atoms with Crippen LogP contribution in [-0.2, 0) is 48.0 Å². The van der Waals surface area contributed by atoms with Crippen molar-refractivity contribution in [1.82, 2.24) is 41.9 Å². The van der Waals surface area contributed by atoms with E-state index in [1.165, 1.54) is 0 Å². The highest BCUT2D eigenvalue weighted by atomic mass is 16.2. The zero-order chi connectivity index (χ0) is 51.6. The van der Waals surface area contributed by atoms with Crippen LogP contribution in [0.5, 0.6) is 0 Å². The van der Waals surface area contributed by atoms with Crippen LogP contribution in [0.25, 0.3) is 21.8 Å². The Hall–Kier alpha value is -8.63. The van der Waals surface area contributed by atoms with Crippen LogP contribution in [-0.4, -0.2) is 119 Å². The Balaban J connectivity index is 1.45. The number of guanidine groups is 3. The maximum absolute atomic E-state index is 14.9. The maximum atomic E-state index is 14.9. The third-order valence-corrected chi connectivity index (χ3v) is 12.1. The van der Waals surface area contributed by atoms with E-state index in [1.807, 2.05) is 48.5 Å². The van der Waals surface area contributed by atoms with E-state index in [2.05, 4.69) is 56.8 Å². The Morgan fingerprint density at radius 1 is 0.389 bits per heavy atom. The van der Waals surface area contributed by atoms with E-state index >= 15 is 0 Å². The highest BCUT2D eigenvalue weighted by molar-refractivity contribution is 5.99. The van der Waals surface area contributed by atoms with Crippen LogP contribution in [0.2, 0.25) is 0 Å². The number of nitrogens with one attached hydrogen (secondary N) is 8. The van der Waals surface area contributed by atoms with Crippen LogP contribution in [0.15, 0.2) is 106 Å². The number of nitrogens with zero attached hydrogens (tertiary/aromatic N) is 3. The van der Waals surface area contributed by atoms with Gasteiger partial charge < -0.3 is 76.3 Å². The summed E-state index contributed by atoms with van der Waals surface area (Å²) in [6.07, 6.45) is 3.96. The van der Waals surface area contributed by atoms with E-state index < -0.39 is 71.7 Å². The average Bonchev–Trinajstić information content (AvgIpc) is 3.96. The maximum Gasteiger partial charge on any atom is 0.243 e. The van der Waals surface area contributed by atoms with Gasteiger partial charge in [-0.3, -0.25) is 43.7 Å². The Labute approximate surface area is 415 Å². The topological polar surface area (TPSA) is 399 Å². The summed E-state index contributed by atoms with van der Waals surface area (Å²) in [4.78, 5) is 107. The summed E-state index contributed by atoms with van der Waals surface area (Å²) in [5.41, 5.74) is 37.1. The summed E-state index contributed by atoms with van der Waals surface area (Å²) in [7, 11) is 0. The molecule has 1 aliphatic heterocycles. The Morgan fingerprint density at radius 2 is 0.694 bits per heavy atom. The van der Waals surface area contributed by atoms with Gasteiger partial charge in [-0.25, -0.2) is 0 Å². The van der Waals surface area contributed by atoms with Gasteiger partial charge in [-0.05, 0) is 67.3 Å². The number of hydrogen-bond donors (Lipinski definition) is 14. The third kappa shape index (κ3) is 15.4. The number of carbonyl (C=O) groups is 6. The smallest absolute Gasteiger partial charge is 0.243 e. The molecule has 0 aliphatic carbocycles. The summed E-state index contributed by atoms with van der Waals surface area (Å²) in [5, 5.41) is 18.6. The number of nitrogens with two attached hydrogens (primary N) is 6. The van der Waals surface area contributed by atoms with Gasteiger partial charge in [0.15, 0.2) is 17.9 Å². The lowest BCUT2D eigenvalue weighted by Gasteiger charge is -2.29. The summed E-state index contributed by atoms with van der Waals surface area (Å²) in [6, 6.07) is 15.9. The van der Waals surface area contributed by atoms with Crippen LogP contribution in [0.4, 0.5) is 0 Å². The van der Waals surface area contributed by atoms with E-state index in [-0.39, 0.29) is 95.3 Å². The van der Waals surface area contributed by atoms with Gasteiger partial charge in [0, 0.05) is 73.1 Å². The summed E-state index contributed by atoms with van der Waals surface area (Å²) >= 11 is 0. The number of aromatic amines is 2. The highest BCUT2D eigenvalue weighted by Gasteiger charge is 2.36. The molecule has 72 heavy (non-hydrogen) atoms. The third-order valence-electron chi connectivity index (χ3n) is 12.1. The minimum absolute atomic E-state index is 0.00141. The molecule has 6 atom stereocenters. The van der Waals surface area contributed by atoms with Crippen molar-refractivity contribution in [1.29, 1.82) is 0 Å². The first-order valence-corrected chi connectivity index (χ1v) is 23.8. The first-order valence-electron chi connectivity index (χ1n) is 23.8. The first-order chi connectivity index (χ1) is 34.6. The van der Waals surface area contributed by atoms with Crippen molar-refractivity contribution in [3.05, 3.63) is 108 Å². The molecule has 3 aromatic carbocycles. The second-order valence-corrected chi connectivity index (χ2v) is 17.5. The molecule has 382 valence electrons. The van der Waals surface area contributed by atoms with E-state index in [4.69, 9.17) is 34.4 Å².